The fourth-order valence-electron chi connectivity index (χ4n) is 5.34. The average molecular weight is 551 g/mol. The van der Waals surface area contributed by atoms with Crippen LogP contribution in [0.25, 0.3) is 0 Å². The van der Waals surface area contributed by atoms with Crippen LogP contribution in [0.15, 0.2) is 48.5 Å². The number of alkyl carbamates (subject to hydrolysis) is 1. The maximum atomic E-state index is 13.4. The minimum Gasteiger partial charge on any atom is -0.497 e. The van der Waals surface area contributed by atoms with Gasteiger partial charge in [0.2, 0.25) is 5.91 Å². The molecule has 7 nitrogen and oxygen atoms in total. The van der Waals surface area contributed by atoms with Crippen LogP contribution in [0.3, 0.4) is 0 Å². The largest absolute Gasteiger partial charge is 0.497 e. The molecule has 1 atom stereocenters. The van der Waals surface area contributed by atoms with Gasteiger partial charge < -0.3 is 24.6 Å². The standard InChI is InChI=1S/C28H36ClN3O4.ClH/c1-3-36-27(34)30-25(22-5-4-6-23(29)19-22)11-15-31-16-12-28(13-17-31)14-18-32(26(28)33)20-21-7-9-24(35-2)10-8-21;/h4-10,19,25H,3,11-18,20H2,1-2H3,(H,30,34);1H. The number of carbonyl (C=O) groups excluding carboxylic acids is 2. The van der Waals surface area contributed by atoms with E-state index in [4.69, 9.17) is 21.1 Å². The summed E-state index contributed by atoms with van der Waals surface area (Å²) in [5.74, 6) is 1.11. The molecular weight excluding hydrogens is 513 g/mol. The van der Waals surface area contributed by atoms with Crippen molar-refractivity contribution in [3.8, 4) is 5.75 Å². The lowest BCUT2D eigenvalue weighted by Gasteiger charge is -2.38. The van der Waals surface area contributed by atoms with Gasteiger partial charge in [-0.15, -0.1) is 12.4 Å². The molecule has 0 radical (unpaired) electrons. The van der Waals surface area contributed by atoms with Gasteiger partial charge >= 0.3 is 6.09 Å². The van der Waals surface area contributed by atoms with E-state index in [9.17, 15) is 9.59 Å². The molecule has 9 heteroatoms. The molecule has 2 amide bonds. The number of carbonyl (C=O) groups is 2. The number of methoxy groups -OCH3 is 1. The predicted molar refractivity (Wildman–Crippen MR) is 147 cm³/mol. The van der Waals surface area contributed by atoms with Crippen LogP contribution in [-0.2, 0) is 16.1 Å². The third-order valence-corrected chi connectivity index (χ3v) is 7.73. The van der Waals surface area contributed by atoms with E-state index >= 15 is 0 Å². The molecule has 4 rings (SSSR count). The normalized spacial score (nSPS) is 17.8. The van der Waals surface area contributed by atoms with Gasteiger partial charge in [0.15, 0.2) is 0 Å². The van der Waals surface area contributed by atoms with Gasteiger partial charge in [-0.25, -0.2) is 4.79 Å². The quantitative estimate of drug-likeness (QED) is 0.449. The Bertz CT molecular complexity index is 1040. The number of hydrogen-bond donors (Lipinski definition) is 1. The molecular formula is C28H37Cl2N3O4. The van der Waals surface area contributed by atoms with Gasteiger partial charge in [-0.3, -0.25) is 4.79 Å². The number of nitrogens with one attached hydrogen (secondary N) is 1. The topological polar surface area (TPSA) is 71.1 Å². The Morgan fingerprint density at radius 1 is 1.11 bits per heavy atom. The van der Waals surface area contributed by atoms with Crippen molar-refractivity contribution in [2.24, 2.45) is 5.41 Å². The summed E-state index contributed by atoms with van der Waals surface area (Å²) < 4.78 is 10.3. The summed E-state index contributed by atoms with van der Waals surface area (Å²) in [6.07, 6.45) is 2.99. The lowest BCUT2D eigenvalue weighted by atomic mass is 9.77. The second-order valence-electron chi connectivity index (χ2n) is 9.71. The summed E-state index contributed by atoms with van der Waals surface area (Å²) in [6, 6.07) is 15.3. The highest BCUT2D eigenvalue weighted by Crippen LogP contribution is 2.42. The number of nitrogens with zero attached hydrogens (tertiary/aromatic N) is 2. The first kappa shape index (κ1) is 29.1. The van der Waals surface area contributed by atoms with Crippen molar-refractivity contribution in [1.82, 2.24) is 15.1 Å². The van der Waals surface area contributed by atoms with Crippen molar-refractivity contribution in [3.05, 3.63) is 64.7 Å². The van der Waals surface area contributed by atoms with E-state index in [0.29, 0.717) is 24.1 Å². The second-order valence-corrected chi connectivity index (χ2v) is 10.1. The average Bonchev–Trinajstić information content (AvgIpc) is 3.18. The highest BCUT2D eigenvalue weighted by molar-refractivity contribution is 6.30. The molecule has 0 saturated carbocycles. The summed E-state index contributed by atoms with van der Waals surface area (Å²) in [5.41, 5.74) is 1.85. The maximum Gasteiger partial charge on any atom is 0.407 e. The van der Waals surface area contributed by atoms with Crippen LogP contribution in [0.2, 0.25) is 5.02 Å². The van der Waals surface area contributed by atoms with Crippen LogP contribution < -0.4 is 10.1 Å². The molecule has 2 fully saturated rings. The van der Waals surface area contributed by atoms with Gasteiger partial charge in [0.25, 0.3) is 0 Å². The van der Waals surface area contributed by atoms with Crippen LogP contribution in [0.4, 0.5) is 4.79 Å². The van der Waals surface area contributed by atoms with Crippen LogP contribution in [0.1, 0.15) is 49.8 Å². The molecule has 2 aliphatic rings. The monoisotopic (exact) mass is 549 g/mol. The smallest absolute Gasteiger partial charge is 0.407 e. The highest BCUT2D eigenvalue weighted by Gasteiger charge is 2.47. The predicted octanol–water partition coefficient (Wildman–Crippen LogP) is 5.46. The molecule has 2 saturated heterocycles. The number of amides is 2. The summed E-state index contributed by atoms with van der Waals surface area (Å²) in [6.45, 7) is 6.16. The third-order valence-electron chi connectivity index (χ3n) is 7.50. The zero-order valence-corrected chi connectivity index (χ0v) is 23.2. The summed E-state index contributed by atoms with van der Waals surface area (Å²) in [7, 11) is 1.66. The molecule has 2 aromatic carbocycles. The Labute approximate surface area is 230 Å². The summed E-state index contributed by atoms with van der Waals surface area (Å²) >= 11 is 6.20. The molecule has 2 heterocycles. The van der Waals surface area contributed by atoms with Crippen LogP contribution >= 0.6 is 24.0 Å². The zero-order chi connectivity index (χ0) is 25.5. The van der Waals surface area contributed by atoms with Crippen LogP contribution in [0, 0.1) is 5.41 Å². The Hall–Kier alpha value is -2.48. The SMILES string of the molecule is CCOC(=O)NC(CCN1CCC2(CC1)CCN(Cc1ccc(OC)cc1)C2=O)c1cccc(Cl)c1.Cl. The number of likely N-dealkylation sites (tertiary alicyclic amines) is 2. The van der Waals surface area contributed by atoms with Crippen LogP contribution in [0.5, 0.6) is 5.75 Å². The molecule has 0 bridgehead atoms. The number of ether oxygens (including phenoxy) is 2. The van der Waals surface area contributed by atoms with Gasteiger partial charge in [0.05, 0.1) is 25.2 Å². The first-order valence-corrected chi connectivity index (χ1v) is 13.1. The van der Waals surface area contributed by atoms with Crippen molar-refractivity contribution in [3.63, 3.8) is 0 Å². The van der Waals surface area contributed by atoms with Crippen molar-refractivity contribution in [2.75, 3.05) is 39.9 Å². The molecule has 1 spiro atoms. The number of hydrogen-bond acceptors (Lipinski definition) is 5. The molecule has 2 aliphatic heterocycles. The van der Waals surface area contributed by atoms with E-state index in [0.717, 1.165) is 68.7 Å². The highest BCUT2D eigenvalue weighted by atomic mass is 35.5. The fraction of sp³-hybridized carbons (Fsp3) is 0.500. The van der Waals surface area contributed by atoms with E-state index in [1.807, 2.05) is 53.4 Å². The maximum absolute atomic E-state index is 13.4. The van der Waals surface area contributed by atoms with Crippen molar-refractivity contribution in [2.45, 2.75) is 45.2 Å². The molecule has 2 aromatic rings. The molecule has 0 aliphatic carbocycles. The van der Waals surface area contributed by atoms with Crippen molar-refractivity contribution < 1.29 is 19.1 Å². The van der Waals surface area contributed by atoms with E-state index in [-0.39, 0.29) is 23.9 Å². The van der Waals surface area contributed by atoms with Gasteiger partial charge in [0.1, 0.15) is 5.75 Å². The lowest BCUT2D eigenvalue weighted by molar-refractivity contribution is -0.138. The van der Waals surface area contributed by atoms with Crippen molar-refractivity contribution in [1.29, 1.82) is 0 Å². The van der Waals surface area contributed by atoms with Gasteiger partial charge in [-0.2, -0.15) is 0 Å². The summed E-state index contributed by atoms with van der Waals surface area (Å²) in [5, 5.41) is 3.62. The van der Waals surface area contributed by atoms with E-state index < -0.39 is 6.09 Å². The van der Waals surface area contributed by atoms with E-state index in [2.05, 4.69) is 10.2 Å². The van der Waals surface area contributed by atoms with Crippen LogP contribution in [-0.4, -0.2) is 61.7 Å². The molecule has 202 valence electrons. The number of benzene rings is 2. The first-order chi connectivity index (χ1) is 17.4. The Morgan fingerprint density at radius 2 is 1.81 bits per heavy atom. The lowest BCUT2D eigenvalue weighted by Crippen LogP contribution is -2.45. The minimum absolute atomic E-state index is 0. The first-order valence-electron chi connectivity index (χ1n) is 12.8. The van der Waals surface area contributed by atoms with E-state index in [1.54, 1.807) is 14.0 Å². The van der Waals surface area contributed by atoms with Crippen molar-refractivity contribution >= 4 is 36.0 Å². The number of rotatable bonds is 9. The minimum atomic E-state index is -0.423. The molecule has 1 unspecified atom stereocenters. The molecule has 37 heavy (non-hydrogen) atoms. The Morgan fingerprint density at radius 3 is 2.46 bits per heavy atom. The number of halogens is 2. The van der Waals surface area contributed by atoms with E-state index in [1.165, 1.54) is 0 Å². The van der Waals surface area contributed by atoms with Gasteiger partial charge in [0, 0.05) is 24.7 Å². The zero-order valence-electron chi connectivity index (χ0n) is 21.6. The molecule has 0 aromatic heterocycles. The van der Waals surface area contributed by atoms with Gasteiger partial charge in [-0.05, 0) is 81.1 Å². The Kier molecular flexibility index (Phi) is 10.5. The molecule has 1 N–H and O–H groups in total. The fourth-order valence-corrected chi connectivity index (χ4v) is 5.53. The Balaban J connectivity index is 0.00000380. The van der Waals surface area contributed by atoms with Gasteiger partial charge in [-0.1, -0.05) is 35.9 Å². The number of piperidine rings is 1. The third kappa shape index (κ3) is 7.30. The second kappa shape index (κ2) is 13.4. The summed E-state index contributed by atoms with van der Waals surface area (Å²) in [4.78, 5) is 29.9.